The summed E-state index contributed by atoms with van der Waals surface area (Å²) >= 11 is 0. The Kier molecular flexibility index (Phi) is 4.27. The molecule has 1 N–H and O–H groups in total. The number of aliphatic hydroxyl groups excluding tert-OH is 1. The van der Waals surface area contributed by atoms with Crippen molar-refractivity contribution in [3.63, 3.8) is 0 Å². The zero-order valence-electron chi connectivity index (χ0n) is 11.4. The third-order valence-electron chi connectivity index (χ3n) is 3.45. The highest BCUT2D eigenvalue weighted by molar-refractivity contribution is 5.12. The molecule has 0 spiro atoms. The Morgan fingerprint density at radius 1 is 1.33 bits per heavy atom. The zero-order chi connectivity index (χ0) is 13.1. The molecule has 1 aliphatic rings. The molecule has 2 rings (SSSR count). The summed E-state index contributed by atoms with van der Waals surface area (Å²) in [5.74, 6) is 0.829. The van der Waals surface area contributed by atoms with Gasteiger partial charge >= 0.3 is 0 Å². The van der Waals surface area contributed by atoms with Crippen LogP contribution in [0.4, 0.5) is 0 Å². The molecule has 0 aliphatic carbocycles. The van der Waals surface area contributed by atoms with Crippen LogP contribution in [0.3, 0.4) is 0 Å². The Balaban J connectivity index is 2.29. The summed E-state index contributed by atoms with van der Waals surface area (Å²) in [5, 5.41) is 9.24. The zero-order valence-corrected chi connectivity index (χ0v) is 11.4. The molecule has 0 aromatic carbocycles. The smallest absolute Gasteiger partial charge is 0.147 e. The fourth-order valence-corrected chi connectivity index (χ4v) is 2.44. The van der Waals surface area contributed by atoms with Crippen molar-refractivity contribution < 1.29 is 5.11 Å². The number of hydrogen-bond donors (Lipinski definition) is 1. The minimum absolute atomic E-state index is 0.0252. The number of hydrogen-bond acceptors (Lipinski definition) is 5. The maximum Gasteiger partial charge on any atom is 0.147 e. The topological polar surface area (TPSA) is 52.5 Å². The third kappa shape index (κ3) is 3.04. The van der Waals surface area contributed by atoms with Crippen LogP contribution < -0.4 is 0 Å². The van der Waals surface area contributed by atoms with E-state index in [1.54, 1.807) is 0 Å². The molecule has 0 bridgehead atoms. The number of aromatic nitrogens is 2. The molecular formula is C13H22N4O. The van der Waals surface area contributed by atoms with Crippen LogP contribution in [-0.2, 0) is 6.61 Å². The number of aliphatic hydroxyl groups is 1. The second-order valence-corrected chi connectivity index (χ2v) is 5.13. The molecule has 1 fully saturated rings. The predicted octanol–water partition coefficient (Wildman–Crippen LogP) is 0.586. The molecule has 1 atom stereocenters. The first kappa shape index (κ1) is 13.4. The molecule has 5 nitrogen and oxygen atoms in total. The van der Waals surface area contributed by atoms with Crippen LogP contribution in [0.15, 0.2) is 6.07 Å². The van der Waals surface area contributed by atoms with Crippen molar-refractivity contribution in [3.8, 4) is 0 Å². The molecule has 1 unspecified atom stereocenters. The summed E-state index contributed by atoms with van der Waals surface area (Å²) in [6.45, 7) is 5.03. The molecule has 1 aromatic rings. The minimum atomic E-state index is -0.0252. The van der Waals surface area contributed by atoms with Gasteiger partial charge in [-0.3, -0.25) is 4.90 Å². The lowest BCUT2D eigenvalue weighted by Gasteiger charge is -2.26. The molecule has 1 aliphatic heterocycles. The van der Waals surface area contributed by atoms with Gasteiger partial charge in [0.25, 0.3) is 0 Å². The second-order valence-electron chi connectivity index (χ2n) is 5.13. The molecule has 18 heavy (non-hydrogen) atoms. The Hall–Kier alpha value is -1.04. The van der Waals surface area contributed by atoms with Crippen LogP contribution in [0.1, 0.15) is 29.7 Å². The van der Waals surface area contributed by atoms with E-state index >= 15 is 0 Å². The summed E-state index contributed by atoms with van der Waals surface area (Å²) in [7, 11) is 4.25. The number of nitrogens with zero attached hydrogens (tertiary/aromatic N) is 4. The minimum Gasteiger partial charge on any atom is -0.390 e. The third-order valence-corrected chi connectivity index (χ3v) is 3.45. The molecule has 0 amide bonds. The largest absolute Gasteiger partial charge is 0.390 e. The highest BCUT2D eigenvalue weighted by atomic mass is 16.3. The highest BCUT2D eigenvalue weighted by Crippen LogP contribution is 2.20. The van der Waals surface area contributed by atoms with Crippen molar-refractivity contribution in [2.75, 3.05) is 33.7 Å². The van der Waals surface area contributed by atoms with E-state index in [4.69, 9.17) is 0 Å². The fourth-order valence-electron chi connectivity index (χ4n) is 2.44. The van der Waals surface area contributed by atoms with Gasteiger partial charge in [0, 0.05) is 12.2 Å². The van der Waals surface area contributed by atoms with Crippen molar-refractivity contribution in [3.05, 3.63) is 23.3 Å². The van der Waals surface area contributed by atoms with E-state index in [-0.39, 0.29) is 12.6 Å². The van der Waals surface area contributed by atoms with Crippen molar-refractivity contribution in [2.45, 2.75) is 26.0 Å². The maximum atomic E-state index is 9.24. The lowest BCUT2D eigenvalue weighted by Crippen LogP contribution is -2.32. The van der Waals surface area contributed by atoms with E-state index in [1.807, 2.05) is 13.0 Å². The van der Waals surface area contributed by atoms with Gasteiger partial charge in [-0.05, 0) is 46.6 Å². The van der Waals surface area contributed by atoms with Crippen LogP contribution in [0.2, 0.25) is 0 Å². The summed E-state index contributed by atoms with van der Waals surface area (Å²) in [6, 6.07) is 2.05. The number of aryl methyl sites for hydroxylation is 1. The van der Waals surface area contributed by atoms with Crippen LogP contribution in [0, 0.1) is 6.92 Å². The molecule has 2 heterocycles. The van der Waals surface area contributed by atoms with Gasteiger partial charge in [-0.25, -0.2) is 9.97 Å². The van der Waals surface area contributed by atoms with E-state index in [1.165, 1.54) is 6.42 Å². The van der Waals surface area contributed by atoms with Gasteiger partial charge in [0.05, 0.1) is 18.3 Å². The molecule has 0 radical (unpaired) electrons. The average Bonchev–Trinajstić information content (AvgIpc) is 2.50. The first-order valence-corrected chi connectivity index (χ1v) is 6.44. The Morgan fingerprint density at radius 2 is 2.11 bits per heavy atom. The van der Waals surface area contributed by atoms with Gasteiger partial charge in [-0.1, -0.05) is 0 Å². The van der Waals surface area contributed by atoms with E-state index in [9.17, 15) is 5.11 Å². The molecule has 1 saturated heterocycles. The summed E-state index contributed by atoms with van der Waals surface area (Å²) in [4.78, 5) is 13.6. The molecular weight excluding hydrogens is 228 g/mol. The molecule has 1 aromatic heterocycles. The predicted molar refractivity (Wildman–Crippen MR) is 70.2 cm³/mol. The Morgan fingerprint density at radius 3 is 2.83 bits per heavy atom. The number of likely N-dealkylation sites (N-methyl/N-ethyl adjacent to an activating group) is 2. The maximum absolute atomic E-state index is 9.24. The monoisotopic (exact) mass is 250 g/mol. The van der Waals surface area contributed by atoms with Gasteiger partial charge < -0.3 is 10.0 Å². The van der Waals surface area contributed by atoms with Gasteiger partial charge in [0.2, 0.25) is 0 Å². The van der Waals surface area contributed by atoms with E-state index in [0.29, 0.717) is 5.69 Å². The highest BCUT2D eigenvalue weighted by Gasteiger charge is 2.24. The summed E-state index contributed by atoms with van der Waals surface area (Å²) < 4.78 is 0. The van der Waals surface area contributed by atoms with Crippen LogP contribution in [0.5, 0.6) is 0 Å². The van der Waals surface area contributed by atoms with Gasteiger partial charge in [0.1, 0.15) is 5.82 Å². The van der Waals surface area contributed by atoms with Crippen LogP contribution >= 0.6 is 0 Å². The standard InChI is InChI=1S/C13H22N4O/c1-10-7-11(9-18)15-13(14-10)12-8-16(2)5-4-6-17(12)3/h7,12,18H,4-6,8-9H2,1-3H3. The number of rotatable bonds is 2. The van der Waals surface area contributed by atoms with E-state index in [2.05, 4.69) is 33.9 Å². The van der Waals surface area contributed by atoms with Crippen molar-refractivity contribution in [1.29, 1.82) is 0 Å². The second kappa shape index (κ2) is 5.73. The summed E-state index contributed by atoms with van der Waals surface area (Å²) in [6.07, 6.45) is 1.17. The van der Waals surface area contributed by atoms with Crippen molar-refractivity contribution in [2.24, 2.45) is 0 Å². The Bertz CT molecular complexity index is 410. The van der Waals surface area contributed by atoms with Crippen molar-refractivity contribution >= 4 is 0 Å². The molecule has 0 saturated carbocycles. The molecule has 5 heteroatoms. The lowest BCUT2D eigenvalue weighted by molar-refractivity contribution is 0.217. The van der Waals surface area contributed by atoms with Crippen LogP contribution in [-0.4, -0.2) is 58.6 Å². The fraction of sp³-hybridized carbons (Fsp3) is 0.692. The quantitative estimate of drug-likeness (QED) is 0.832. The van der Waals surface area contributed by atoms with E-state index < -0.39 is 0 Å². The average molecular weight is 250 g/mol. The van der Waals surface area contributed by atoms with Gasteiger partial charge in [0.15, 0.2) is 0 Å². The SMILES string of the molecule is Cc1cc(CO)nc(C2CN(C)CCCN2C)n1. The normalized spacial score (nSPS) is 23.0. The first-order chi connectivity index (χ1) is 8.60. The summed E-state index contributed by atoms with van der Waals surface area (Å²) in [5.41, 5.74) is 1.63. The van der Waals surface area contributed by atoms with Gasteiger partial charge in [-0.2, -0.15) is 0 Å². The molecule has 100 valence electrons. The first-order valence-electron chi connectivity index (χ1n) is 6.44. The van der Waals surface area contributed by atoms with Crippen LogP contribution in [0.25, 0.3) is 0 Å². The Labute approximate surface area is 108 Å². The van der Waals surface area contributed by atoms with Crippen molar-refractivity contribution in [1.82, 2.24) is 19.8 Å². The lowest BCUT2D eigenvalue weighted by atomic mass is 10.2. The van der Waals surface area contributed by atoms with E-state index in [0.717, 1.165) is 31.2 Å². The van der Waals surface area contributed by atoms with Gasteiger partial charge in [-0.15, -0.1) is 0 Å².